The average molecular weight is 667 g/mol. The molecule has 1 N–H and O–H groups in total. The topological polar surface area (TPSA) is 72.8 Å². The molecule has 0 bridgehead atoms. The molecule has 7 heteroatoms. The van der Waals surface area contributed by atoms with Crippen molar-refractivity contribution in [2.75, 3.05) is 7.11 Å². The van der Waals surface area contributed by atoms with Gasteiger partial charge in [-0.2, -0.15) is 0 Å². The van der Waals surface area contributed by atoms with Crippen molar-refractivity contribution >= 4 is 51.9 Å². The van der Waals surface area contributed by atoms with Crippen molar-refractivity contribution in [3.05, 3.63) is 120 Å². The van der Waals surface area contributed by atoms with Crippen LogP contribution in [-0.2, 0) is 18.8 Å². The van der Waals surface area contributed by atoms with Gasteiger partial charge in [0.1, 0.15) is 5.78 Å². The highest BCUT2D eigenvalue weighted by Crippen LogP contribution is 2.43. The van der Waals surface area contributed by atoms with Crippen molar-refractivity contribution in [3.8, 4) is 0 Å². The van der Waals surface area contributed by atoms with E-state index in [1.54, 1.807) is 11.3 Å². The monoisotopic (exact) mass is 666 g/mol. The van der Waals surface area contributed by atoms with E-state index in [9.17, 15) is 14.7 Å². The maximum Gasteiger partial charge on any atom is 0.305 e. The molecule has 5 nitrogen and oxygen atoms in total. The van der Waals surface area contributed by atoms with Gasteiger partial charge in [-0.1, -0.05) is 124 Å². The van der Waals surface area contributed by atoms with Crippen molar-refractivity contribution in [1.29, 1.82) is 0 Å². The number of methoxy groups -OCH3 is 1. The van der Waals surface area contributed by atoms with Gasteiger partial charge in [0.25, 0.3) is 8.32 Å². The van der Waals surface area contributed by atoms with Gasteiger partial charge in [-0.25, -0.2) is 0 Å². The van der Waals surface area contributed by atoms with Crippen LogP contribution in [0.1, 0.15) is 63.9 Å². The highest BCUT2D eigenvalue weighted by Gasteiger charge is 2.51. The van der Waals surface area contributed by atoms with Crippen molar-refractivity contribution in [2.24, 2.45) is 11.8 Å². The minimum absolute atomic E-state index is 0.0541. The number of aliphatic hydroxyl groups is 1. The first kappa shape index (κ1) is 34.7. The lowest BCUT2D eigenvalue weighted by Gasteiger charge is -2.44. The van der Waals surface area contributed by atoms with Gasteiger partial charge in [0.05, 0.1) is 19.3 Å². The molecule has 1 heterocycles. The molecule has 47 heavy (non-hydrogen) atoms. The molecule has 0 spiro atoms. The Bertz CT molecular complexity index is 1620. The molecule has 1 aliphatic rings. The third kappa shape index (κ3) is 7.92. The molecule has 0 aliphatic heterocycles. The Balaban J connectivity index is 1.52. The highest BCUT2D eigenvalue weighted by atomic mass is 32.1. The summed E-state index contributed by atoms with van der Waals surface area (Å²) in [6.07, 6.45) is 9.61. The molecule has 4 aromatic rings. The minimum atomic E-state index is -2.94. The second kappa shape index (κ2) is 15.5. The summed E-state index contributed by atoms with van der Waals surface area (Å²) in [5.74, 6) is -0.789. The number of allylic oxidation sites excluding steroid dienone is 3. The van der Waals surface area contributed by atoms with Crippen LogP contribution in [-0.4, -0.2) is 38.4 Å². The SMILES string of the molecule is COC(=O)CCCC=CC[C@H]1[C@@H](O)CC(=O)[C@@H]1C=C[C@@H](O[Si](c1ccccc1)(c1ccccc1)C(C)(C)C)c1cc2ccccc2s1. The maximum atomic E-state index is 13.3. The Morgan fingerprint density at radius 2 is 1.62 bits per heavy atom. The minimum Gasteiger partial charge on any atom is -0.469 e. The van der Waals surface area contributed by atoms with Gasteiger partial charge < -0.3 is 14.3 Å². The normalized spacial score (nSPS) is 19.6. The molecule has 1 aromatic heterocycles. The number of benzene rings is 3. The van der Waals surface area contributed by atoms with Crippen LogP contribution in [0.15, 0.2) is 115 Å². The molecular weight excluding hydrogens is 621 g/mol. The fourth-order valence-corrected chi connectivity index (χ4v) is 12.6. The standard InChI is InChI=1S/C40H46O5SSi/c1-40(2,3)47(30-18-9-7-10-19-30,31-20-11-8-12-21-31)45-36(38-27-29-17-15-16-23-37(29)46-38)26-25-33-32(34(41)28-35(33)42)22-13-5-6-14-24-39(43)44-4/h5,7-13,15-21,23,25-27,32-34,36,41H,6,14,22,24,28H2,1-4H3/t32-,33-,34+,36-/m1/s1. The van der Waals surface area contributed by atoms with E-state index in [1.165, 1.54) is 27.6 Å². The molecule has 0 radical (unpaired) electrons. The van der Waals surface area contributed by atoms with Crippen molar-refractivity contribution in [1.82, 2.24) is 0 Å². The number of ether oxygens (including phenoxy) is 1. The van der Waals surface area contributed by atoms with Crippen LogP contribution < -0.4 is 10.4 Å². The number of carbonyl (C=O) groups is 2. The molecule has 1 saturated carbocycles. The number of esters is 1. The molecule has 3 aromatic carbocycles. The fourth-order valence-electron chi connectivity index (χ4n) is 6.80. The van der Waals surface area contributed by atoms with Gasteiger partial charge in [0.2, 0.25) is 0 Å². The highest BCUT2D eigenvalue weighted by molar-refractivity contribution is 7.19. The summed E-state index contributed by atoms with van der Waals surface area (Å²) in [6.45, 7) is 6.82. The summed E-state index contributed by atoms with van der Waals surface area (Å²) >= 11 is 1.72. The van der Waals surface area contributed by atoms with Crippen molar-refractivity contribution < 1.29 is 23.9 Å². The third-order valence-corrected chi connectivity index (χ3v) is 15.4. The van der Waals surface area contributed by atoms with E-state index in [2.05, 4.69) is 106 Å². The number of unbranched alkanes of at least 4 members (excludes halogenated alkanes) is 1. The Morgan fingerprint density at radius 3 is 2.23 bits per heavy atom. The fraction of sp³-hybridized carbons (Fsp3) is 0.350. The van der Waals surface area contributed by atoms with Crippen LogP contribution in [0.5, 0.6) is 0 Å². The Hall–Kier alpha value is -3.62. The van der Waals surface area contributed by atoms with Gasteiger partial charge in [-0.15, -0.1) is 11.3 Å². The molecule has 1 aliphatic carbocycles. The lowest BCUT2D eigenvalue weighted by molar-refractivity contribution is -0.140. The van der Waals surface area contributed by atoms with Crippen LogP contribution >= 0.6 is 11.3 Å². The first-order valence-corrected chi connectivity index (χ1v) is 19.2. The summed E-state index contributed by atoms with van der Waals surface area (Å²) in [6, 6.07) is 31.8. The lowest BCUT2D eigenvalue weighted by Crippen LogP contribution is -2.66. The molecule has 246 valence electrons. The van der Waals surface area contributed by atoms with Crippen molar-refractivity contribution in [2.45, 2.75) is 70.1 Å². The van der Waals surface area contributed by atoms with Gasteiger partial charge in [-0.3, -0.25) is 9.59 Å². The van der Waals surface area contributed by atoms with Crippen LogP contribution in [0.4, 0.5) is 0 Å². The van der Waals surface area contributed by atoms with Crippen LogP contribution in [0, 0.1) is 11.8 Å². The molecule has 1 fully saturated rings. The first-order valence-electron chi connectivity index (χ1n) is 16.5. The van der Waals surface area contributed by atoms with E-state index in [4.69, 9.17) is 9.16 Å². The quantitative estimate of drug-likeness (QED) is 0.0679. The smallest absolute Gasteiger partial charge is 0.305 e. The van der Waals surface area contributed by atoms with E-state index >= 15 is 0 Å². The van der Waals surface area contributed by atoms with Crippen LogP contribution in [0.2, 0.25) is 5.04 Å². The molecule has 4 atom stereocenters. The van der Waals surface area contributed by atoms with Gasteiger partial charge in [0.15, 0.2) is 0 Å². The third-order valence-electron chi connectivity index (χ3n) is 9.23. The summed E-state index contributed by atoms with van der Waals surface area (Å²) in [7, 11) is -1.54. The Morgan fingerprint density at radius 1 is 0.979 bits per heavy atom. The van der Waals surface area contributed by atoms with E-state index in [-0.39, 0.29) is 29.1 Å². The van der Waals surface area contributed by atoms with Crippen LogP contribution in [0.3, 0.4) is 0 Å². The van der Waals surface area contributed by atoms with E-state index in [0.29, 0.717) is 19.3 Å². The number of Topliss-reactive ketones (excluding diaryl/α,β-unsaturated/α-hetero) is 1. The zero-order chi connectivity index (χ0) is 33.4. The number of hydrogen-bond acceptors (Lipinski definition) is 6. The zero-order valence-electron chi connectivity index (χ0n) is 27.8. The zero-order valence-corrected chi connectivity index (χ0v) is 29.6. The van der Waals surface area contributed by atoms with E-state index in [0.717, 1.165) is 11.3 Å². The van der Waals surface area contributed by atoms with Gasteiger partial charge in [0, 0.05) is 34.3 Å². The van der Waals surface area contributed by atoms with Gasteiger partial charge >= 0.3 is 5.97 Å². The van der Waals surface area contributed by atoms with E-state index < -0.39 is 26.4 Å². The van der Waals surface area contributed by atoms with Crippen LogP contribution in [0.25, 0.3) is 10.1 Å². The number of aliphatic hydroxyl groups excluding tert-OH is 1. The summed E-state index contributed by atoms with van der Waals surface area (Å²) < 4.78 is 13.6. The maximum absolute atomic E-state index is 13.3. The molecule has 5 rings (SSSR count). The summed E-state index contributed by atoms with van der Waals surface area (Å²) in [5.41, 5.74) is 0. The second-order valence-corrected chi connectivity index (χ2v) is 18.7. The number of hydrogen-bond donors (Lipinski definition) is 1. The van der Waals surface area contributed by atoms with Gasteiger partial charge in [-0.05, 0) is 52.2 Å². The van der Waals surface area contributed by atoms with E-state index in [1.807, 2.05) is 30.4 Å². The molecular formula is C40H46O5SSi. The summed E-state index contributed by atoms with van der Waals surface area (Å²) in [5, 5.41) is 14.3. The number of rotatable bonds is 13. The predicted molar refractivity (Wildman–Crippen MR) is 195 cm³/mol. The second-order valence-electron chi connectivity index (χ2n) is 13.4. The average Bonchev–Trinajstić information content (AvgIpc) is 3.62. The number of thiophene rings is 1. The Labute approximate surface area is 284 Å². The predicted octanol–water partition coefficient (Wildman–Crippen LogP) is 7.93. The lowest BCUT2D eigenvalue weighted by atomic mass is 9.90. The number of fused-ring (bicyclic) bond motifs is 1. The molecule has 0 saturated heterocycles. The Kier molecular flexibility index (Phi) is 11.5. The number of ketones is 1. The van der Waals surface area contributed by atoms with Crippen molar-refractivity contribution in [3.63, 3.8) is 0 Å². The largest absolute Gasteiger partial charge is 0.469 e. The molecule has 0 unspecified atom stereocenters. The molecule has 0 amide bonds. The first-order chi connectivity index (χ1) is 22.6. The number of carbonyl (C=O) groups excluding carboxylic acids is 2. The summed E-state index contributed by atoms with van der Waals surface area (Å²) in [4.78, 5) is 25.8.